The number of likely N-dealkylation sites (N-methyl/N-ethyl adjacent to an activating group) is 1. The number of nitrogens with one attached hydrogen (secondary N) is 1. The molecule has 1 aromatic rings. The summed E-state index contributed by atoms with van der Waals surface area (Å²) in [5, 5.41) is 3.33. The Bertz CT molecular complexity index is 706. The summed E-state index contributed by atoms with van der Waals surface area (Å²) in [4.78, 5) is 6.31. The highest BCUT2D eigenvalue weighted by atomic mass is 127. The molecule has 27 heavy (non-hydrogen) atoms. The molecule has 1 aromatic carbocycles. The second kappa shape index (κ2) is 11.7. The highest BCUT2D eigenvalue weighted by Crippen LogP contribution is 2.20. The molecule has 6 nitrogen and oxygen atoms in total. The smallest absolute Gasteiger partial charge is 0.193 e. The van der Waals surface area contributed by atoms with E-state index < -0.39 is 9.84 Å². The molecule has 0 saturated heterocycles. The zero-order valence-corrected chi connectivity index (χ0v) is 20.4. The molecule has 0 saturated carbocycles. The molecule has 0 radical (unpaired) electrons. The standard InChI is InChI=1S/C19H33N3O3S.HI/c1-16-9-7-8-10-17(16)25-13-12-22(5)18(20-4)21-15-19(2,3)11-14-26(6,23)24;/h7-10H,11-15H2,1-6H3,(H,20,21);1H. The number of hydrogen-bond donors (Lipinski definition) is 1. The Hall–Kier alpha value is -1.03. The van der Waals surface area contributed by atoms with Crippen molar-refractivity contribution in [3.8, 4) is 5.75 Å². The van der Waals surface area contributed by atoms with Crippen LogP contribution in [-0.4, -0.2) is 65.1 Å². The number of aryl methyl sites for hydroxylation is 1. The first-order valence-corrected chi connectivity index (χ1v) is 10.9. The predicted octanol–water partition coefficient (Wildman–Crippen LogP) is 2.96. The van der Waals surface area contributed by atoms with Crippen LogP contribution >= 0.6 is 24.0 Å². The number of sulfone groups is 1. The molecule has 0 bridgehead atoms. The van der Waals surface area contributed by atoms with Crippen LogP contribution < -0.4 is 10.1 Å². The number of aliphatic imine (C=N–C) groups is 1. The van der Waals surface area contributed by atoms with Crippen LogP contribution in [0.3, 0.4) is 0 Å². The molecular formula is C19H34IN3O3S. The molecule has 0 spiro atoms. The van der Waals surface area contributed by atoms with Gasteiger partial charge in [0.1, 0.15) is 22.2 Å². The summed E-state index contributed by atoms with van der Waals surface area (Å²) in [6.07, 6.45) is 1.88. The minimum absolute atomic E-state index is 0. The predicted molar refractivity (Wildman–Crippen MR) is 124 cm³/mol. The van der Waals surface area contributed by atoms with Gasteiger partial charge < -0.3 is 15.0 Å². The first-order chi connectivity index (χ1) is 12.0. The Morgan fingerprint density at radius 2 is 1.93 bits per heavy atom. The summed E-state index contributed by atoms with van der Waals surface area (Å²) in [6, 6.07) is 7.95. The van der Waals surface area contributed by atoms with Crippen molar-refractivity contribution in [3.63, 3.8) is 0 Å². The van der Waals surface area contributed by atoms with Gasteiger partial charge >= 0.3 is 0 Å². The maximum absolute atomic E-state index is 11.4. The topological polar surface area (TPSA) is 71.0 Å². The van der Waals surface area contributed by atoms with Gasteiger partial charge in [-0.05, 0) is 30.4 Å². The number of halogens is 1. The Morgan fingerprint density at radius 3 is 2.48 bits per heavy atom. The lowest BCUT2D eigenvalue weighted by atomic mass is 9.90. The first kappa shape index (κ1) is 26.0. The van der Waals surface area contributed by atoms with Crippen molar-refractivity contribution in [2.45, 2.75) is 27.2 Å². The van der Waals surface area contributed by atoms with Gasteiger partial charge in [-0.25, -0.2) is 8.42 Å². The summed E-state index contributed by atoms with van der Waals surface area (Å²) < 4.78 is 28.6. The number of rotatable bonds is 9. The van der Waals surface area contributed by atoms with Crippen molar-refractivity contribution < 1.29 is 13.2 Å². The fourth-order valence-corrected chi connectivity index (χ4v) is 3.29. The van der Waals surface area contributed by atoms with Crippen molar-refractivity contribution >= 4 is 39.8 Å². The van der Waals surface area contributed by atoms with E-state index in [4.69, 9.17) is 4.74 Å². The molecule has 1 N–H and O–H groups in total. The maximum Gasteiger partial charge on any atom is 0.193 e. The Labute approximate surface area is 181 Å². The number of benzene rings is 1. The molecule has 0 amide bonds. The van der Waals surface area contributed by atoms with Crippen LogP contribution in [0.15, 0.2) is 29.3 Å². The van der Waals surface area contributed by atoms with E-state index in [0.717, 1.165) is 17.3 Å². The highest BCUT2D eigenvalue weighted by Gasteiger charge is 2.21. The molecule has 8 heteroatoms. The summed E-state index contributed by atoms with van der Waals surface area (Å²) in [6.45, 7) is 8.03. The molecule has 0 aliphatic carbocycles. The molecule has 0 fully saturated rings. The molecule has 0 aliphatic rings. The second-order valence-electron chi connectivity index (χ2n) is 7.48. The molecule has 0 aliphatic heterocycles. The fraction of sp³-hybridized carbons (Fsp3) is 0.632. The van der Waals surface area contributed by atoms with E-state index in [9.17, 15) is 8.42 Å². The second-order valence-corrected chi connectivity index (χ2v) is 9.74. The largest absolute Gasteiger partial charge is 0.491 e. The minimum Gasteiger partial charge on any atom is -0.491 e. The van der Waals surface area contributed by atoms with Crippen molar-refractivity contribution in [1.29, 1.82) is 0 Å². The number of para-hydroxylation sites is 1. The van der Waals surface area contributed by atoms with Gasteiger partial charge in [0.25, 0.3) is 0 Å². The van der Waals surface area contributed by atoms with E-state index in [1.165, 1.54) is 6.26 Å². The Kier molecular flexibility index (Phi) is 11.3. The molecule has 156 valence electrons. The monoisotopic (exact) mass is 511 g/mol. The van der Waals surface area contributed by atoms with Gasteiger partial charge in [0.2, 0.25) is 0 Å². The molecule has 0 heterocycles. The average Bonchev–Trinajstić information content (AvgIpc) is 2.55. The number of ether oxygens (including phenoxy) is 1. The molecule has 1 rings (SSSR count). The quantitative estimate of drug-likeness (QED) is 0.314. The zero-order valence-electron chi connectivity index (χ0n) is 17.3. The van der Waals surface area contributed by atoms with Crippen LogP contribution in [0.1, 0.15) is 25.8 Å². The number of guanidine groups is 1. The first-order valence-electron chi connectivity index (χ1n) is 8.82. The minimum atomic E-state index is -2.94. The normalized spacial score (nSPS) is 12.3. The van der Waals surface area contributed by atoms with E-state index in [2.05, 4.69) is 24.2 Å². The third-order valence-electron chi connectivity index (χ3n) is 4.23. The van der Waals surface area contributed by atoms with Gasteiger partial charge in [0.15, 0.2) is 5.96 Å². The van der Waals surface area contributed by atoms with Crippen molar-refractivity contribution in [2.75, 3.05) is 45.8 Å². The Morgan fingerprint density at radius 1 is 1.30 bits per heavy atom. The van der Waals surface area contributed by atoms with Gasteiger partial charge in [-0.15, -0.1) is 24.0 Å². The van der Waals surface area contributed by atoms with E-state index in [1.54, 1.807) is 7.05 Å². The van der Waals surface area contributed by atoms with Crippen molar-refractivity contribution in [3.05, 3.63) is 29.8 Å². The zero-order chi connectivity index (χ0) is 19.8. The molecular weight excluding hydrogens is 477 g/mol. The summed E-state index contributed by atoms with van der Waals surface area (Å²) in [5.74, 6) is 1.86. The lowest BCUT2D eigenvalue weighted by Crippen LogP contribution is -2.44. The average molecular weight is 511 g/mol. The van der Waals surface area contributed by atoms with Crippen LogP contribution in [0.25, 0.3) is 0 Å². The van der Waals surface area contributed by atoms with E-state index in [1.807, 2.05) is 43.1 Å². The van der Waals surface area contributed by atoms with Crippen molar-refractivity contribution in [2.24, 2.45) is 10.4 Å². The Balaban J connectivity index is 0.00000676. The van der Waals surface area contributed by atoms with Crippen LogP contribution in [0.5, 0.6) is 5.75 Å². The van der Waals surface area contributed by atoms with Crippen molar-refractivity contribution in [1.82, 2.24) is 10.2 Å². The number of hydrogen-bond acceptors (Lipinski definition) is 4. The number of nitrogens with zero attached hydrogens (tertiary/aromatic N) is 2. The van der Waals surface area contributed by atoms with Gasteiger partial charge in [0, 0.05) is 26.9 Å². The fourth-order valence-electron chi connectivity index (χ4n) is 2.37. The lowest BCUT2D eigenvalue weighted by Gasteiger charge is -2.28. The van der Waals surface area contributed by atoms with Crippen LogP contribution in [0.2, 0.25) is 0 Å². The van der Waals surface area contributed by atoms with Gasteiger partial charge in [-0.1, -0.05) is 32.0 Å². The summed E-state index contributed by atoms with van der Waals surface area (Å²) in [7, 11) is 0.754. The van der Waals surface area contributed by atoms with E-state index in [-0.39, 0.29) is 35.1 Å². The third-order valence-corrected chi connectivity index (χ3v) is 5.17. The molecule has 0 atom stereocenters. The van der Waals surface area contributed by atoms with Gasteiger partial charge in [0.05, 0.1) is 12.3 Å². The van der Waals surface area contributed by atoms with E-state index in [0.29, 0.717) is 26.1 Å². The van der Waals surface area contributed by atoms with Gasteiger partial charge in [-0.2, -0.15) is 0 Å². The third kappa shape index (κ3) is 10.8. The van der Waals surface area contributed by atoms with E-state index >= 15 is 0 Å². The molecule has 0 aromatic heterocycles. The van der Waals surface area contributed by atoms with Crippen LogP contribution in [-0.2, 0) is 9.84 Å². The van der Waals surface area contributed by atoms with Crippen LogP contribution in [0.4, 0.5) is 0 Å². The molecule has 0 unspecified atom stereocenters. The SMILES string of the molecule is CN=C(NCC(C)(C)CCS(C)(=O)=O)N(C)CCOc1ccccc1C.I. The summed E-state index contributed by atoms with van der Waals surface area (Å²) in [5.41, 5.74) is 0.975. The summed E-state index contributed by atoms with van der Waals surface area (Å²) >= 11 is 0. The van der Waals surface area contributed by atoms with Gasteiger partial charge in [-0.3, -0.25) is 4.99 Å². The van der Waals surface area contributed by atoms with Crippen LogP contribution in [0, 0.1) is 12.3 Å². The highest BCUT2D eigenvalue weighted by molar-refractivity contribution is 14.0. The maximum atomic E-state index is 11.4. The lowest BCUT2D eigenvalue weighted by molar-refractivity contribution is 0.276.